The summed E-state index contributed by atoms with van der Waals surface area (Å²) < 4.78 is 15.7. The van der Waals surface area contributed by atoms with Crippen LogP contribution in [-0.2, 0) is 4.74 Å². The molecule has 1 rings (SSSR count). The third-order valence-corrected chi connectivity index (χ3v) is 2.84. The zero-order valence-electron chi connectivity index (χ0n) is 13.4. The van der Waals surface area contributed by atoms with Gasteiger partial charge in [-0.2, -0.15) is 0 Å². The van der Waals surface area contributed by atoms with Gasteiger partial charge in [0.15, 0.2) is 17.5 Å². The largest absolute Gasteiger partial charge is 0.493 e. The van der Waals surface area contributed by atoms with Crippen LogP contribution in [0.3, 0.4) is 0 Å². The molecular formula is C15H26IN3O3. The topological polar surface area (TPSA) is 78.1 Å². The molecule has 7 heteroatoms. The first-order valence-electron chi connectivity index (χ1n) is 7.08. The van der Waals surface area contributed by atoms with Gasteiger partial charge >= 0.3 is 0 Å². The van der Waals surface area contributed by atoms with Crippen molar-refractivity contribution in [3.63, 3.8) is 0 Å². The highest BCUT2D eigenvalue weighted by molar-refractivity contribution is 14.0. The van der Waals surface area contributed by atoms with Crippen molar-refractivity contribution in [2.24, 2.45) is 10.7 Å². The van der Waals surface area contributed by atoms with Crippen molar-refractivity contribution in [1.29, 1.82) is 0 Å². The lowest BCUT2D eigenvalue weighted by Gasteiger charge is -2.10. The number of aliphatic imine (C=N–C) groups is 1. The molecule has 0 atom stereocenters. The number of unbranched alkanes of at least 4 members (excludes halogenated alkanes) is 1. The van der Waals surface area contributed by atoms with Crippen molar-refractivity contribution in [3.05, 3.63) is 18.2 Å². The Kier molecular flexibility index (Phi) is 11.7. The molecule has 6 nitrogen and oxygen atoms in total. The molecule has 0 saturated carbocycles. The first kappa shape index (κ1) is 20.8. The molecule has 0 fully saturated rings. The lowest BCUT2D eigenvalue weighted by molar-refractivity contribution is 0.144. The van der Waals surface area contributed by atoms with Crippen LogP contribution in [0.4, 0.5) is 5.69 Å². The number of hydrogen-bond donors (Lipinski definition) is 2. The van der Waals surface area contributed by atoms with E-state index in [2.05, 4.69) is 10.3 Å². The minimum absolute atomic E-state index is 0. The first-order valence-corrected chi connectivity index (χ1v) is 7.08. The summed E-state index contributed by atoms with van der Waals surface area (Å²) in [5.74, 6) is 1.71. The Morgan fingerprint density at radius 1 is 1.18 bits per heavy atom. The SMILES string of the molecule is CCOCCCCN=C(N)Nc1ccc(OC)c(OC)c1.I. The van der Waals surface area contributed by atoms with Gasteiger partial charge in [0.25, 0.3) is 0 Å². The Labute approximate surface area is 149 Å². The van der Waals surface area contributed by atoms with Crippen molar-refractivity contribution in [2.75, 3.05) is 39.3 Å². The standard InChI is InChI=1S/C15H25N3O3.HI/c1-4-21-10-6-5-9-17-15(16)18-12-7-8-13(19-2)14(11-12)20-3;/h7-8,11H,4-6,9-10H2,1-3H3,(H3,16,17,18);1H. The number of anilines is 1. The second-order valence-electron chi connectivity index (χ2n) is 4.37. The van der Waals surface area contributed by atoms with E-state index in [1.807, 2.05) is 25.1 Å². The fraction of sp³-hybridized carbons (Fsp3) is 0.533. The summed E-state index contributed by atoms with van der Waals surface area (Å²) in [5.41, 5.74) is 6.65. The van der Waals surface area contributed by atoms with E-state index in [1.54, 1.807) is 14.2 Å². The number of methoxy groups -OCH3 is 2. The van der Waals surface area contributed by atoms with E-state index < -0.39 is 0 Å². The Bertz CT molecular complexity index is 456. The zero-order chi connectivity index (χ0) is 15.5. The van der Waals surface area contributed by atoms with E-state index in [1.165, 1.54) is 0 Å². The fourth-order valence-corrected chi connectivity index (χ4v) is 1.76. The molecule has 1 aromatic rings. The first-order chi connectivity index (χ1) is 10.2. The Balaban J connectivity index is 0.00000441. The van der Waals surface area contributed by atoms with Gasteiger partial charge < -0.3 is 25.3 Å². The average Bonchev–Trinajstić information content (AvgIpc) is 2.50. The summed E-state index contributed by atoms with van der Waals surface area (Å²) in [6.45, 7) is 4.20. The van der Waals surface area contributed by atoms with E-state index in [-0.39, 0.29) is 24.0 Å². The molecular weight excluding hydrogens is 397 g/mol. The quantitative estimate of drug-likeness (QED) is 0.277. The second-order valence-corrected chi connectivity index (χ2v) is 4.37. The minimum atomic E-state index is 0. The number of rotatable bonds is 9. The number of nitrogens with two attached hydrogens (primary N) is 1. The zero-order valence-corrected chi connectivity index (χ0v) is 15.8. The number of ether oxygens (including phenoxy) is 3. The van der Waals surface area contributed by atoms with E-state index in [4.69, 9.17) is 19.9 Å². The molecule has 0 radical (unpaired) electrons. The van der Waals surface area contributed by atoms with Gasteiger partial charge in [0.1, 0.15) is 0 Å². The molecule has 0 amide bonds. The maximum atomic E-state index is 5.84. The molecule has 0 spiro atoms. The second kappa shape index (κ2) is 12.3. The van der Waals surface area contributed by atoms with Gasteiger partial charge in [-0.05, 0) is 31.9 Å². The van der Waals surface area contributed by atoms with Crippen LogP contribution in [0.2, 0.25) is 0 Å². The number of guanidine groups is 1. The Morgan fingerprint density at radius 2 is 1.91 bits per heavy atom. The van der Waals surface area contributed by atoms with Crippen molar-refractivity contribution in [1.82, 2.24) is 0 Å². The number of hydrogen-bond acceptors (Lipinski definition) is 4. The number of nitrogens with zero attached hydrogens (tertiary/aromatic N) is 1. The van der Waals surface area contributed by atoms with E-state index >= 15 is 0 Å². The number of benzene rings is 1. The summed E-state index contributed by atoms with van der Waals surface area (Å²) >= 11 is 0. The normalized spacial score (nSPS) is 10.8. The van der Waals surface area contributed by atoms with Crippen molar-refractivity contribution < 1.29 is 14.2 Å². The lowest BCUT2D eigenvalue weighted by Crippen LogP contribution is -2.22. The summed E-state index contributed by atoms with van der Waals surface area (Å²) in [6, 6.07) is 5.49. The fourth-order valence-electron chi connectivity index (χ4n) is 1.76. The van der Waals surface area contributed by atoms with Crippen molar-refractivity contribution in [3.8, 4) is 11.5 Å². The van der Waals surface area contributed by atoms with E-state index in [9.17, 15) is 0 Å². The van der Waals surface area contributed by atoms with Crippen molar-refractivity contribution in [2.45, 2.75) is 19.8 Å². The highest BCUT2D eigenvalue weighted by Crippen LogP contribution is 2.29. The van der Waals surface area contributed by atoms with Gasteiger partial charge in [0, 0.05) is 31.5 Å². The molecule has 0 aliphatic carbocycles. The summed E-state index contributed by atoms with van der Waals surface area (Å²) in [7, 11) is 3.19. The molecule has 3 N–H and O–H groups in total. The van der Waals surface area contributed by atoms with Gasteiger partial charge in [-0.15, -0.1) is 24.0 Å². The molecule has 1 aromatic carbocycles. The highest BCUT2D eigenvalue weighted by atomic mass is 127. The van der Waals surface area contributed by atoms with Crippen LogP contribution in [0.15, 0.2) is 23.2 Å². The maximum Gasteiger partial charge on any atom is 0.193 e. The van der Waals surface area contributed by atoms with Crippen LogP contribution in [0.1, 0.15) is 19.8 Å². The third kappa shape index (κ3) is 7.69. The Morgan fingerprint density at radius 3 is 2.55 bits per heavy atom. The molecule has 0 unspecified atom stereocenters. The summed E-state index contributed by atoms with van der Waals surface area (Å²) in [5, 5.41) is 3.03. The number of halogens is 1. The van der Waals surface area contributed by atoms with Gasteiger partial charge in [0.05, 0.1) is 14.2 Å². The van der Waals surface area contributed by atoms with E-state index in [0.717, 1.165) is 31.7 Å². The van der Waals surface area contributed by atoms with Gasteiger partial charge in [-0.3, -0.25) is 4.99 Å². The molecule has 0 saturated heterocycles. The summed E-state index contributed by atoms with van der Waals surface area (Å²) in [4.78, 5) is 4.27. The van der Waals surface area contributed by atoms with Crippen LogP contribution in [0.25, 0.3) is 0 Å². The van der Waals surface area contributed by atoms with Crippen molar-refractivity contribution >= 4 is 35.6 Å². The maximum absolute atomic E-state index is 5.84. The molecule has 0 aromatic heterocycles. The van der Waals surface area contributed by atoms with Crippen LogP contribution in [0, 0.1) is 0 Å². The Hall–Kier alpha value is -1.22. The molecule has 22 heavy (non-hydrogen) atoms. The average molecular weight is 423 g/mol. The number of nitrogens with one attached hydrogen (secondary N) is 1. The molecule has 126 valence electrons. The predicted molar refractivity (Wildman–Crippen MR) is 101 cm³/mol. The van der Waals surface area contributed by atoms with Crippen LogP contribution in [0.5, 0.6) is 11.5 Å². The van der Waals surface area contributed by atoms with Crippen LogP contribution >= 0.6 is 24.0 Å². The molecule has 0 bridgehead atoms. The van der Waals surface area contributed by atoms with Gasteiger partial charge in [-0.25, -0.2) is 0 Å². The monoisotopic (exact) mass is 423 g/mol. The summed E-state index contributed by atoms with van der Waals surface area (Å²) in [6.07, 6.45) is 1.94. The minimum Gasteiger partial charge on any atom is -0.493 e. The third-order valence-electron chi connectivity index (χ3n) is 2.84. The van der Waals surface area contributed by atoms with Crippen LogP contribution in [-0.4, -0.2) is 39.9 Å². The lowest BCUT2D eigenvalue weighted by atomic mass is 10.3. The van der Waals surface area contributed by atoms with Gasteiger partial charge in [0.2, 0.25) is 0 Å². The predicted octanol–water partition coefficient (Wildman–Crippen LogP) is 2.87. The smallest absolute Gasteiger partial charge is 0.193 e. The molecule has 0 aliphatic rings. The van der Waals surface area contributed by atoms with E-state index in [0.29, 0.717) is 24.0 Å². The van der Waals surface area contributed by atoms with Gasteiger partial charge in [-0.1, -0.05) is 0 Å². The van der Waals surface area contributed by atoms with Crippen LogP contribution < -0.4 is 20.5 Å². The molecule has 0 heterocycles. The highest BCUT2D eigenvalue weighted by Gasteiger charge is 2.04. The molecule has 0 aliphatic heterocycles.